The largest absolute Gasteiger partial charge is 0.481 e. The molecular formula is C15H20F2O3. The van der Waals surface area contributed by atoms with Crippen molar-refractivity contribution in [2.24, 2.45) is 0 Å². The zero-order chi connectivity index (χ0) is 14.8. The zero-order valence-corrected chi connectivity index (χ0v) is 11.4. The molecule has 0 heterocycles. The number of ether oxygens (including phenoxy) is 1. The second-order valence-electron chi connectivity index (χ2n) is 4.68. The van der Waals surface area contributed by atoms with E-state index in [0.717, 1.165) is 31.7 Å². The van der Waals surface area contributed by atoms with E-state index in [2.05, 4.69) is 0 Å². The summed E-state index contributed by atoms with van der Waals surface area (Å²) in [5, 5.41) is 8.46. The van der Waals surface area contributed by atoms with Gasteiger partial charge in [-0.25, -0.2) is 8.78 Å². The first-order valence-corrected chi connectivity index (χ1v) is 6.83. The lowest BCUT2D eigenvalue weighted by Crippen LogP contribution is -2.00. The van der Waals surface area contributed by atoms with Crippen molar-refractivity contribution in [2.45, 2.75) is 45.1 Å². The monoisotopic (exact) mass is 286 g/mol. The maximum Gasteiger partial charge on any atom is 0.303 e. The lowest BCUT2D eigenvalue weighted by molar-refractivity contribution is -0.137. The molecule has 0 spiro atoms. The lowest BCUT2D eigenvalue weighted by atomic mass is 10.1. The minimum atomic E-state index is -0.857. The van der Waals surface area contributed by atoms with E-state index in [9.17, 15) is 13.6 Å². The van der Waals surface area contributed by atoms with Gasteiger partial charge in [-0.15, -0.1) is 0 Å². The van der Waals surface area contributed by atoms with Gasteiger partial charge in [0.15, 0.2) is 11.6 Å². The summed E-state index contributed by atoms with van der Waals surface area (Å²) in [5.74, 6) is -2.46. The number of hydrogen-bond acceptors (Lipinski definition) is 2. The highest BCUT2D eigenvalue weighted by Gasteiger charge is 2.06. The van der Waals surface area contributed by atoms with Crippen LogP contribution in [0.1, 0.15) is 44.1 Å². The number of benzene rings is 1. The summed E-state index contributed by atoms with van der Waals surface area (Å²) < 4.78 is 31.5. The molecule has 0 amide bonds. The number of carboxylic acids is 1. The first-order valence-electron chi connectivity index (χ1n) is 6.83. The lowest BCUT2D eigenvalue weighted by Gasteiger charge is -2.06. The van der Waals surface area contributed by atoms with E-state index in [0.29, 0.717) is 13.0 Å². The fourth-order valence-corrected chi connectivity index (χ4v) is 1.85. The molecule has 112 valence electrons. The Morgan fingerprint density at radius 2 is 1.80 bits per heavy atom. The Morgan fingerprint density at radius 1 is 1.10 bits per heavy atom. The van der Waals surface area contributed by atoms with E-state index in [4.69, 9.17) is 9.84 Å². The van der Waals surface area contributed by atoms with Gasteiger partial charge in [0, 0.05) is 18.6 Å². The number of unbranched alkanes of at least 4 members (excludes halogenated alkanes) is 4. The number of halogens is 2. The van der Waals surface area contributed by atoms with Crippen molar-refractivity contribution in [2.75, 3.05) is 6.61 Å². The normalized spacial score (nSPS) is 10.7. The van der Waals surface area contributed by atoms with Crippen molar-refractivity contribution in [1.29, 1.82) is 0 Å². The van der Waals surface area contributed by atoms with Crippen LogP contribution in [0.4, 0.5) is 8.78 Å². The van der Waals surface area contributed by atoms with Gasteiger partial charge in [0.05, 0.1) is 6.61 Å². The first-order chi connectivity index (χ1) is 9.61. The maximum absolute atomic E-state index is 13.3. The number of rotatable bonds is 10. The Labute approximate surface area is 117 Å². The standard InChI is InChI=1S/C15H20F2O3/c16-13-8-6-7-12(15(13)17)11-20-10-5-3-1-2-4-9-14(18)19/h6-8H,1-5,9-11H2,(H,18,19). The molecule has 0 unspecified atom stereocenters. The van der Waals surface area contributed by atoms with E-state index in [-0.39, 0.29) is 18.6 Å². The smallest absolute Gasteiger partial charge is 0.303 e. The quantitative estimate of drug-likeness (QED) is 0.663. The number of carboxylic acid groups (broad SMARTS) is 1. The highest BCUT2D eigenvalue weighted by atomic mass is 19.2. The Hall–Kier alpha value is -1.49. The predicted octanol–water partition coefficient (Wildman–Crippen LogP) is 3.91. The van der Waals surface area contributed by atoms with Crippen LogP contribution >= 0.6 is 0 Å². The van der Waals surface area contributed by atoms with Gasteiger partial charge in [-0.1, -0.05) is 31.4 Å². The van der Waals surface area contributed by atoms with E-state index in [1.165, 1.54) is 12.1 Å². The molecule has 0 aliphatic heterocycles. The molecular weight excluding hydrogens is 266 g/mol. The molecule has 1 rings (SSSR count). The van der Waals surface area contributed by atoms with E-state index in [1.807, 2.05) is 0 Å². The molecule has 0 aliphatic rings. The molecule has 0 fully saturated rings. The number of carbonyl (C=O) groups is 1. The van der Waals surface area contributed by atoms with Crippen LogP contribution in [-0.4, -0.2) is 17.7 Å². The highest BCUT2D eigenvalue weighted by Crippen LogP contribution is 2.12. The van der Waals surface area contributed by atoms with Crippen LogP contribution in [0.5, 0.6) is 0 Å². The summed E-state index contributed by atoms with van der Waals surface area (Å²) in [4.78, 5) is 10.3. The molecule has 0 bridgehead atoms. The van der Waals surface area contributed by atoms with Crippen molar-refractivity contribution in [3.8, 4) is 0 Å². The average Bonchev–Trinajstić information content (AvgIpc) is 2.41. The van der Waals surface area contributed by atoms with E-state index >= 15 is 0 Å². The van der Waals surface area contributed by atoms with Crippen molar-refractivity contribution in [3.05, 3.63) is 35.4 Å². The summed E-state index contributed by atoms with van der Waals surface area (Å²) in [7, 11) is 0. The van der Waals surface area contributed by atoms with Crippen molar-refractivity contribution in [3.63, 3.8) is 0 Å². The molecule has 0 radical (unpaired) electrons. The Balaban J connectivity index is 2.02. The second-order valence-corrected chi connectivity index (χ2v) is 4.68. The van der Waals surface area contributed by atoms with Gasteiger partial charge in [-0.3, -0.25) is 4.79 Å². The first kappa shape index (κ1) is 16.6. The van der Waals surface area contributed by atoms with Crippen molar-refractivity contribution in [1.82, 2.24) is 0 Å². The minimum absolute atomic E-state index is 0.0720. The second kappa shape index (κ2) is 9.42. The van der Waals surface area contributed by atoms with Gasteiger partial charge in [0.1, 0.15) is 0 Å². The van der Waals surface area contributed by atoms with E-state index in [1.54, 1.807) is 0 Å². The fraction of sp³-hybridized carbons (Fsp3) is 0.533. The predicted molar refractivity (Wildman–Crippen MR) is 71.4 cm³/mol. The van der Waals surface area contributed by atoms with Gasteiger partial charge in [0.2, 0.25) is 0 Å². The van der Waals surface area contributed by atoms with E-state index < -0.39 is 17.6 Å². The van der Waals surface area contributed by atoms with Crippen LogP contribution < -0.4 is 0 Å². The summed E-state index contributed by atoms with van der Waals surface area (Å²) in [6.07, 6.45) is 4.56. The molecule has 3 nitrogen and oxygen atoms in total. The summed E-state index contributed by atoms with van der Waals surface area (Å²) in [6.45, 7) is 0.567. The molecule has 1 aromatic rings. The molecule has 1 aromatic carbocycles. The summed E-state index contributed by atoms with van der Waals surface area (Å²) in [5.41, 5.74) is 0.228. The Morgan fingerprint density at radius 3 is 2.55 bits per heavy atom. The molecule has 20 heavy (non-hydrogen) atoms. The van der Waals surface area contributed by atoms with Gasteiger partial charge >= 0.3 is 5.97 Å². The van der Waals surface area contributed by atoms with Gasteiger partial charge < -0.3 is 9.84 Å². The fourth-order valence-electron chi connectivity index (χ4n) is 1.85. The minimum Gasteiger partial charge on any atom is -0.481 e. The molecule has 0 aromatic heterocycles. The van der Waals surface area contributed by atoms with Crippen LogP contribution in [0.3, 0.4) is 0 Å². The third-order valence-electron chi connectivity index (χ3n) is 2.97. The van der Waals surface area contributed by atoms with Crippen LogP contribution in [0.25, 0.3) is 0 Å². The van der Waals surface area contributed by atoms with Gasteiger partial charge in [0.25, 0.3) is 0 Å². The Kier molecular flexibility index (Phi) is 7.80. The van der Waals surface area contributed by atoms with Crippen molar-refractivity contribution < 1.29 is 23.4 Å². The van der Waals surface area contributed by atoms with Gasteiger partial charge in [-0.2, -0.15) is 0 Å². The average molecular weight is 286 g/mol. The number of hydrogen-bond donors (Lipinski definition) is 1. The molecule has 0 saturated heterocycles. The third kappa shape index (κ3) is 6.61. The van der Waals surface area contributed by atoms with Crippen LogP contribution in [0.2, 0.25) is 0 Å². The molecule has 5 heteroatoms. The zero-order valence-electron chi connectivity index (χ0n) is 11.4. The highest BCUT2D eigenvalue weighted by molar-refractivity contribution is 5.66. The Bertz CT molecular complexity index is 422. The molecule has 0 aliphatic carbocycles. The van der Waals surface area contributed by atoms with Crippen molar-refractivity contribution >= 4 is 5.97 Å². The SMILES string of the molecule is O=C(O)CCCCCCCOCc1cccc(F)c1F. The maximum atomic E-state index is 13.3. The molecule has 1 N–H and O–H groups in total. The third-order valence-corrected chi connectivity index (χ3v) is 2.97. The summed E-state index contributed by atoms with van der Waals surface area (Å²) in [6, 6.07) is 4.04. The number of aliphatic carboxylic acids is 1. The van der Waals surface area contributed by atoms with Crippen LogP contribution in [0, 0.1) is 11.6 Å². The van der Waals surface area contributed by atoms with Crippen LogP contribution in [0.15, 0.2) is 18.2 Å². The van der Waals surface area contributed by atoms with Gasteiger partial charge in [-0.05, 0) is 18.9 Å². The molecule has 0 saturated carbocycles. The summed E-state index contributed by atoms with van der Waals surface area (Å²) >= 11 is 0. The van der Waals surface area contributed by atoms with Crippen LogP contribution in [-0.2, 0) is 16.1 Å². The topological polar surface area (TPSA) is 46.5 Å². The molecule has 0 atom stereocenters.